The second-order valence-corrected chi connectivity index (χ2v) is 4.92. The van der Waals surface area contributed by atoms with Gasteiger partial charge in [-0.1, -0.05) is 13.3 Å². The molecule has 6 heteroatoms. The molecular weight excluding hydrogens is 274 g/mol. The summed E-state index contributed by atoms with van der Waals surface area (Å²) in [6.45, 7) is 4.79. The van der Waals surface area contributed by atoms with Crippen molar-refractivity contribution in [3.8, 4) is 0 Å². The fourth-order valence-electron chi connectivity index (χ4n) is 1.85. The highest BCUT2D eigenvalue weighted by molar-refractivity contribution is 5.90. The van der Waals surface area contributed by atoms with Crippen LogP contribution in [0.1, 0.15) is 41.6 Å². The zero-order valence-electron chi connectivity index (χ0n) is 13.1. The number of hydrogen-bond donors (Lipinski definition) is 0. The molecule has 0 unspecified atom stereocenters. The molecular formula is C15H23NO5. The highest BCUT2D eigenvalue weighted by atomic mass is 16.5. The summed E-state index contributed by atoms with van der Waals surface area (Å²) >= 11 is 0. The number of carbonyl (C=O) groups is 2. The van der Waals surface area contributed by atoms with E-state index in [9.17, 15) is 9.59 Å². The van der Waals surface area contributed by atoms with Crippen molar-refractivity contribution in [1.82, 2.24) is 4.90 Å². The van der Waals surface area contributed by atoms with Gasteiger partial charge in [-0.3, -0.25) is 9.69 Å². The SMILES string of the molecule is CCCCOC(=O)CN(C)Cc1cc(C(=O)OC)c(C)o1. The average Bonchev–Trinajstić information content (AvgIpc) is 2.78. The van der Waals surface area contributed by atoms with Crippen LogP contribution in [0.25, 0.3) is 0 Å². The summed E-state index contributed by atoms with van der Waals surface area (Å²) in [5.41, 5.74) is 0.409. The zero-order valence-corrected chi connectivity index (χ0v) is 13.1. The van der Waals surface area contributed by atoms with E-state index in [0.29, 0.717) is 30.2 Å². The number of hydrogen-bond acceptors (Lipinski definition) is 6. The zero-order chi connectivity index (χ0) is 15.8. The van der Waals surface area contributed by atoms with Gasteiger partial charge in [0, 0.05) is 0 Å². The number of carbonyl (C=O) groups excluding carboxylic acids is 2. The third kappa shape index (κ3) is 5.59. The minimum atomic E-state index is -0.427. The second kappa shape index (κ2) is 8.46. The van der Waals surface area contributed by atoms with Gasteiger partial charge in [-0.15, -0.1) is 0 Å². The maximum absolute atomic E-state index is 11.6. The summed E-state index contributed by atoms with van der Waals surface area (Å²) in [6, 6.07) is 1.64. The Bertz CT molecular complexity index is 480. The lowest BCUT2D eigenvalue weighted by atomic mass is 10.2. The standard InChI is InChI=1S/C15H23NO5/c1-5-6-7-20-14(17)10-16(3)9-12-8-13(11(2)21-12)15(18)19-4/h8H,5-7,9-10H2,1-4H3. The summed E-state index contributed by atoms with van der Waals surface area (Å²) in [6.07, 6.45) is 1.86. The lowest BCUT2D eigenvalue weighted by Gasteiger charge is -2.14. The third-order valence-electron chi connectivity index (χ3n) is 2.96. The number of esters is 2. The number of furan rings is 1. The highest BCUT2D eigenvalue weighted by Gasteiger charge is 2.17. The molecule has 0 fully saturated rings. The molecule has 0 aliphatic carbocycles. The summed E-state index contributed by atoms with van der Waals surface area (Å²) in [7, 11) is 3.11. The van der Waals surface area contributed by atoms with Crippen LogP contribution < -0.4 is 0 Å². The first-order valence-corrected chi connectivity index (χ1v) is 6.99. The van der Waals surface area contributed by atoms with Crippen molar-refractivity contribution < 1.29 is 23.5 Å². The third-order valence-corrected chi connectivity index (χ3v) is 2.96. The Hall–Kier alpha value is -1.82. The summed E-state index contributed by atoms with van der Waals surface area (Å²) in [5, 5.41) is 0. The maximum atomic E-state index is 11.6. The Morgan fingerprint density at radius 3 is 2.71 bits per heavy atom. The van der Waals surface area contributed by atoms with E-state index in [4.69, 9.17) is 9.15 Å². The first-order chi connectivity index (χ1) is 9.97. The number of methoxy groups -OCH3 is 1. The minimum Gasteiger partial charge on any atom is -0.465 e. The Balaban J connectivity index is 2.49. The van der Waals surface area contributed by atoms with Crippen molar-refractivity contribution in [1.29, 1.82) is 0 Å². The smallest absolute Gasteiger partial charge is 0.341 e. The van der Waals surface area contributed by atoms with Gasteiger partial charge in [-0.05, 0) is 26.5 Å². The fourth-order valence-corrected chi connectivity index (χ4v) is 1.85. The van der Waals surface area contributed by atoms with Crippen LogP contribution in [0.2, 0.25) is 0 Å². The molecule has 1 aromatic heterocycles. The van der Waals surface area contributed by atoms with Gasteiger partial charge in [0.2, 0.25) is 0 Å². The van der Waals surface area contributed by atoms with Crippen molar-refractivity contribution in [3.05, 3.63) is 23.2 Å². The van der Waals surface area contributed by atoms with Crippen LogP contribution in [-0.4, -0.2) is 44.1 Å². The van der Waals surface area contributed by atoms with Gasteiger partial charge in [0.15, 0.2) is 0 Å². The topological polar surface area (TPSA) is 69.0 Å². The van der Waals surface area contributed by atoms with Gasteiger partial charge in [0.1, 0.15) is 17.1 Å². The molecule has 21 heavy (non-hydrogen) atoms. The van der Waals surface area contributed by atoms with E-state index < -0.39 is 5.97 Å². The molecule has 1 aromatic rings. The molecule has 0 aromatic carbocycles. The predicted octanol–water partition coefficient (Wildman–Crippen LogP) is 2.15. The van der Waals surface area contributed by atoms with Crippen molar-refractivity contribution in [2.75, 3.05) is 27.3 Å². The molecule has 1 heterocycles. The molecule has 0 spiro atoms. The van der Waals surface area contributed by atoms with Gasteiger partial charge in [0.05, 0.1) is 26.8 Å². The van der Waals surface area contributed by atoms with E-state index >= 15 is 0 Å². The molecule has 0 atom stereocenters. The molecule has 0 radical (unpaired) electrons. The molecule has 0 aliphatic rings. The molecule has 0 aliphatic heterocycles. The van der Waals surface area contributed by atoms with E-state index in [2.05, 4.69) is 4.74 Å². The molecule has 0 N–H and O–H groups in total. The molecule has 1 rings (SSSR count). The quantitative estimate of drug-likeness (QED) is 0.541. The van der Waals surface area contributed by atoms with Crippen LogP contribution in [0.5, 0.6) is 0 Å². The van der Waals surface area contributed by atoms with Crippen LogP contribution in [0, 0.1) is 6.92 Å². The number of nitrogens with zero attached hydrogens (tertiary/aromatic N) is 1. The van der Waals surface area contributed by atoms with E-state index in [1.54, 1.807) is 24.9 Å². The molecule has 0 saturated heterocycles. The van der Waals surface area contributed by atoms with Gasteiger partial charge in [-0.25, -0.2) is 4.79 Å². The molecule has 6 nitrogen and oxygen atoms in total. The van der Waals surface area contributed by atoms with Crippen LogP contribution in [0.15, 0.2) is 10.5 Å². The van der Waals surface area contributed by atoms with Gasteiger partial charge in [-0.2, -0.15) is 0 Å². The fraction of sp³-hybridized carbons (Fsp3) is 0.600. The number of rotatable bonds is 8. The Kier molecular flexibility index (Phi) is 6.94. The van der Waals surface area contributed by atoms with E-state index in [-0.39, 0.29) is 12.5 Å². The van der Waals surface area contributed by atoms with Crippen LogP contribution in [0.3, 0.4) is 0 Å². The largest absolute Gasteiger partial charge is 0.465 e. The predicted molar refractivity (Wildman–Crippen MR) is 77.0 cm³/mol. The van der Waals surface area contributed by atoms with Crippen molar-refractivity contribution in [2.45, 2.75) is 33.2 Å². The molecule has 118 valence electrons. The second-order valence-electron chi connectivity index (χ2n) is 4.92. The van der Waals surface area contributed by atoms with Crippen molar-refractivity contribution >= 4 is 11.9 Å². The summed E-state index contributed by atoms with van der Waals surface area (Å²) in [5.74, 6) is 0.430. The van der Waals surface area contributed by atoms with Crippen LogP contribution >= 0.6 is 0 Å². The lowest BCUT2D eigenvalue weighted by molar-refractivity contribution is -0.144. The van der Waals surface area contributed by atoms with E-state index in [1.165, 1.54) is 7.11 Å². The van der Waals surface area contributed by atoms with E-state index in [1.807, 2.05) is 6.92 Å². The van der Waals surface area contributed by atoms with Gasteiger partial charge < -0.3 is 13.9 Å². The Labute approximate surface area is 125 Å². The van der Waals surface area contributed by atoms with Crippen LogP contribution in [-0.2, 0) is 20.8 Å². The first kappa shape index (κ1) is 17.2. The summed E-state index contributed by atoms with van der Waals surface area (Å²) < 4.78 is 15.3. The number of ether oxygens (including phenoxy) is 2. The molecule has 0 saturated carbocycles. The van der Waals surface area contributed by atoms with Crippen molar-refractivity contribution in [2.24, 2.45) is 0 Å². The summed E-state index contributed by atoms with van der Waals surface area (Å²) in [4.78, 5) is 24.8. The van der Waals surface area contributed by atoms with Gasteiger partial charge in [0.25, 0.3) is 0 Å². The Morgan fingerprint density at radius 1 is 1.38 bits per heavy atom. The van der Waals surface area contributed by atoms with E-state index in [0.717, 1.165) is 12.8 Å². The normalized spacial score (nSPS) is 10.7. The highest BCUT2D eigenvalue weighted by Crippen LogP contribution is 2.16. The lowest BCUT2D eigenvalue weighted by Crippen LogP contribution is -2.27. The molecule has 0 bridgehead atoms. The van der Waals surface area contributed by atoms with Crippen molar-refractivity contribution in [3.63, 3.8) is 0 Å². The number of likely N-dealkylation sites (N-methyl/N-ethyl adjacent to an activating group) is 1. The van der Waals surface area contributed by atoms with Gasteiger partial charge >= 0.3 is 11.9 Å². The molecule has 0 amide bonds. The number of unbranched alkanes of at least 4 members (excludes halogenated alkanes) is 1. The Morgan fingerprint density at radius 2 is 2.10 bits per heavy atom. The van der Waals surface area contributed by atoms with Crippen LogP contribution in [0.4, 0.5) is 0 Å². The number of aryl methyl sites for hydroxylation is 1. The first-order valence-electron chi connectivity index (χ1n) is 6.99. The average molecular weight is 297 g/mol. The monoisotopic (exact) mass is 297 g/mol. The maximum Gasteiger partial charge on any atom is 0.341 e. The minimum absolute atomic E-state index is 0.178.